The van der Waals surface area contributed by atoms with Crippen LogP contribution in [0.15, 0.2) is 57.5 Å². The number of hydrogen-bond donors (Lipinski definition) is 1. The molecule has 0 saturated carbocycles. The molecule has 6 nitrogen and oxygen atoms in total. The molecule has 1 N–H and O–H groups in total. The van der Waals surface area contributed by atoms with Crippen LogP contribution in [0.5, 0.6) is 0 Å². The maximum atomic E-state index is 12.0. The summed E-state index contributed by atoms with van der Waals surface area (Å²) in [6.07, 6.45) is -0.206. The fraction of sp³-hybridized carbons (Fsp3) is 0.519. The zero-order valence-corrected chi connectivity index (χ0v) is 24.3. The van der Waals surface area contributed by atoms with E-state index in [9.17, 15) is 4.79 Å². The van der Waals surface area contributed by atoms with Crippen LogP contribution in [0.3, 0.4) is 0 Å². The minimum Gasteiger partial charge on any atom is -0.444 e. The number of carbonyl (C=O) groups excluding carboxylic acids is 1. The Hall–Kier alpha value is -1.45. The molecule has 0 aliphatic carbocycles. The van der Waals surface area contributed by atoms with Crippen LogP contribution in [0.2, 0.25) is 0 Å². The van der Waals surface area contributed by atoms with Crippen molar-refractivity contribution in [2.75, 3.05) is 52.4 Å². The number of amides is 1. The molecular weight excluding hydrogens is 572 g/mol. The van der Waals surface area contributed by atoms with Crippen LogP contribution >= 0.6 is 31.9 Å². The highest BCUT2D eigenvalue weighted by Gasteiger charge is 2.25. The van der Waals surface area contributed by atoms with Crippen LogP contribution < -0.4 is 5.32 Å². The summed E-state index contributed by atoms with van der Waals surface area (Å²) in [5, 5.41) is 3.36. The van der Waals surface area contributed by atoms with Crippen molar-refractivity contribution in [3.8, 4) is 0 Å². The Morgan fingerprint density at radius 1 is 0.800 bits per heavy atom. The van der Waals surface area contributed by atoms with Gasteiger partial charge in [-0.25, -0.2) is 4.79 Å². The van der Waals surface area contributed by atoms with Gasteiger partial charge in [-0.2, -0.15) is 0 Å². The highest BCUT2D eigenvalue weighted by Crippen LogP contribution is 2.20. The van der Waals surface area contributed by atoms with E-state index in [0.717, 1.165) is 69.9 Å². The van der Waals surface area contributed by atoms with E-state index in [2.05, 4.69) is 89.4 Å². The minimum atomic E-state index is -0.427. The van der Waals surface area contributed by atoms with E-state index in [1.54, 1.807) is 4.90 Å². The smallest absolute Gasteiger partial charge is 0.410 e. The van der Waals surface area contributed by atoms with Crippen molar-refractivity contribution in [2.24, 2.45) is 0 Å². The molecule has 0 spiro atoms. The maximum absolute atomic E-state index is 12.0. The van der Waals surface area contributed by atoms with Gasteiger partial charge >= 0.3 is 6.09 Å². The molecule has 192 valence electrons. The average Bonchev–Trinajstić information content (AvgIpc) is 2.83. The van der Waals surface area contributed by atoms with Gasteiger partial charge in [0, 0.05) is 74.4 Å². The maximum Gasteiger partial charge on any atom is 0.410 e. The molecule has 2 aromatic rings. The van der Waals surface area contributed by atoms with Crippen molar-refractivity contribution in [1.82, 2.24) is 20.0 Å². The zero-order valence-electron chi connectivity index (χ0n) is 21.1. The number of benzene rings is 2. The number of nitrogens with one attached hydrogen (secondary N) is 1. The topological polar surface area (TPSA) is 48.1 Å². The molecule has 2 heterocycles. The van der Waals surface area contributed by atoms with E-state index in [-0.39, 0.29) is 6.09 Å². The summed E-state index contributed by atoms with van der Waals surface area (Å²) in [6, 6.07) is 16.7. The first-order valence-electron chi connectivity index (χ1n) is 12.3. The van der Waals surface area contributed by atoms with Crippen molar-refractivity contribution < 1.29 is 9.53 Å². The second kappa shape index (κ2) is 13.7. The third kappa shape index (κ3) is 9.84. The predicted octanol–water partition coefficient (Wildman–Crippen LogP) is 5.36. The number of nitrogens with zero attached hydrogens (tertiary/aromatic N) is 3. The molecule has 4 rings (SSSR count). The van der Waals surface area contributed by atoms with Crippen LogP contribution in [0.1, 0.15) is 31.9 Å². The van der Waals surface area contributed by atoms with E-state index in [1.165, 1.54) is 15.6 Å². The van der Waals surface area contributed by atoms with E-state index in [0.29, 0.717) is 0 Å². The number of piperazine rings is 2. The molecule has 0 atom stereocenters. The first-order chi connectivity index (χ1) is 16.7. The normalized spacial score (nSPS) is 17.5. The van der Waals surface area contributed by atoms with E-state index >= 15 is 0 Å². The Bertz CT molecular complexity index is 937. The summed E-state index contributed by atoms with van der Waals surface area (Å²) in [5.74, 6) is 0. The summed E-state index contributed by atoms with van der Waals surface area (Å²) < 4.78 is 7.77. The first-order valence-corrected chi connectivity index (χ1v) is 13.9. The Morgan fingerprint density at radius 2 is 1.26 bits per heavy atom. The van der Waals surface area contributed by atoms with Gasteiger partial charge in [-0.1, -0.05) is 68.3 Å². The van der Waals surface area contributed by atoms with Crippen molar-refractivity contribution >= 4 is 38.0 Å². The third-order valence-electron chi connectivity index (χ3n) is 5.94. The average molecular weight is 610 g/mol. The monoisotopic (exact) mass is 608 g/mol. The zero-order chi connectivity index (χ0) is 25.3. The molecule has 2 aliphatic heterocycles. The second-order valence-electron chi connectivity index (χ2n) is 9.95. The summed E-state index contributed by atoms with van der Waals surface area (Å²) in [4.78, 5) is 18.6. The standard InChI is InChI=1S/C16H23BrN2O2.C11H15BrN2/c1-16(2,3)21-15(20)19-10-8-18(9-11-19)12-13-6-4-5-7-14(13)17;12-11-4-2-1-3-10(11)9-14-7-5-13-6-8-14/h4-7H,8-12H2,1-3H3;1-4,13H,5-9H2. The molecular formula is C27H38Br2N4O2. The summed E-state index contributed by atoms with van der Waals surface area (Å²) >= 11 is 7.16. The highest BCUT2D eigenvalue weighted by molar-refractivity contribution is 9.10. The van der Waals surface area contributed by atoms with Gasteiger partial charge < -0.3 is 15.0 Å². The van der Waals surface area contributed by atoms with E-state index < -0.39 is 5.60 Å². The summed E-state index contributed by atoms with van der Waals surface area (Å²) in [5.41, 5.74) is 2.24. The van der Waals surface area contributed by atoms with Gasteiger partial charge in [0.25, 0.3) is 0 Å². The molecule has 35 heavy (non-hydrogen) atoms. The van der Waals surface area contributed by atoms with Gasteiger partial charge in [-0.05, 0) is 44.0 Å². The van der Waals surface area contributed by atoms with Gasteiger partial charge in [-0.15, -0.1) is 0 Å². The number of hydrogen-bond acceptors (Lipinski definition) is 5. The van der Waals surface area contributed by atoms with Crippen molar-refractivity contribution in [2.45, 2.75) is 39.5 Å². The molecule has 2 aliphatic rings. The number of rotatable bonds is 4. The SMILES string of the molecule is Brc1ccccc1CN1CCNCC1.CC(C)(C)OC(=O)N1CCN(Cc2ccccc2Br)CC1. The Balaban J connectivity index is 0.000000211. The van der Waals surface area contributed by atoms with Gasteiger partial charge in [0.2, 0.25) is 0 Å². The van der Waals surface area contributed by atoms with Crippen LogP contribution in [0.4, 0.5) is 4.79 Å². The quantitative estimate of drug-likeness (QED) is 0.506. The Morgan fingerprint density at radius 3 is 1.71 bits per heavy atom. The van der Waals surface area contributed by atoms with Gasteiger partial charge in [0.05, 0.1) is 0 Å². The van der Waals surface area contributed by atoms with Gasteiger partial charge in [0.1, 0.15) is 5.60 Å². The lowest BCUT2D eigenvalue weighted by Gasteiger charge is -2.35. The minimum absolute atomic E-state index is 0.206. The fourth-order valence-corrected chi connectivity index (χ4v) is 4.84. The molecule has 0 aromatic heterocycles. The third-order valence-corrected chi connectivity index (χ3v) is 7.48. The highest BCUT2D eigenvalue weighted by atomic mass is 79.9. The largest absolute Gasteiger partial charge is 0.444 e. The Labute approximate surface area is 227 Å². The van der Waals surface area contributed by atoms with Crippen molar-refractivity contribution in [3.63, 3.8) is 0 Å². The Kier molecular flexibility index (Phi) is 11.0. The number of halogens is 2. The van der Waals surface area contributed by atoms with Crippen LogP contribution in [-0.4, -0.2) is 78.8 Å². The van der Waals surface area contributed by atoms with Crippen LogP contribution in [0, 0.1) is 0 Å². The molecule has 2 aromatic carbocycles. The van der Waals surface area contributed by atoms with E-state index in [1.807, 2.05) is 26.8 Å². The lowest BCUT2D eigenvalue weighted by molar-refractivity contribution is 0.0139. The lowest BCUT2D eigenvalue weighted by atomic mass is 10.2. The van der Waals surface area contributed by atoms with E-state index in [4.69, 9.17) is 4.74 Å². The molecule has 0 bridgehead atoms. The molecule has 0 radical (unpaired) electrons. The van der Waals surface area contributed by atoms with Crippen molar-refractivity contribution in [1.29, 1.82) is 0 Å². The van der Waals surface area contributed by atoms with Crippen molar-refractivity contribution in [3.05, 3.63) is 68.6 Å². The lowest BCUT2D eigenvalue weighted by Crippen LogP contribution is -2.49. The molecule has 0 unspecified atom stereocenters. The molecule has 2 saturated heterocycles. The second-order valence-corrected chi connectivity index (χ2v) is 11.7. The number of carbonyl (C=O) groups is 1. The first kappa shape index (κ1) is 28.1. The fourth-order valence-electron chi connectivity index (χ4n) is 4.02. The molecule has 2 fully saturated rings. The molecule has 8 heteroatoms. The van der Waals surface area contributed by atoms with Gasteiger partial charge in [0.15, 0.2) is 0 Å². The van der Waals surface area contributed by atoms with Gasteiger partial charge in [-0.3, -0.25) is 9.80 Å². The summed E-state index contributed by atoms with van der Waals surface area (Å²) in [7, 11) is 0. The number of ether oxygens (including phenoxy) is 1. The van der Waals surface area contributed by atoms with Crippen LogP contribution in [-0.2, 0) is 17.8 Å². The molecule has 1 amide bonds. The summed E-state index contributed by atoms with van der Waals surface area (Å²) in [6.45, 7) is 15.4. The van der Waals surface area contributed by atoms with Crippen LogP contribution in [0.25, 0.3) is 0 Å². The predicted molar refractivity (Wildman–Crippen MR) is 150 cm³/mol.